The number of nitrogens with zero attached hydrogens (tertiary/aromatic N) is 2. The molecular weight excluding hydrogens is 378 g/mol. The van der Waals surface area contributed by atoms with Crippen molar-refractivity contribution in [3.8, 4) is 0 Å². The first-order valence-corrected chi connectivity index (χ1v) is 9.36. The topological polar surface area (TPSA) is 84.6 Å². The van der Waals surface area contributed by atoms with Crippen LogP contribution in [0.15, 0.2) is 84.0 Å². The van der Waals surface area contributed by atoms with Gasteiger partial charge >= 0.3 is 0 Å². The van der Waals surface area contributed by atoms with Crippen LogP contribution in [0.25, 0.3) is 32.3 Å². The van der Waals surface area contributed by atoms with Crippen molar-refractivity contribution in [3.63, 3.8) is 0 Å². The monoisotopic (exact) mass is 393 g/mol. The number of carbonyl (C=O) groups excluding carboxylic acids is 1. The normalized spacial score (nSPS) is 11.6. The van der Waals surface area contributed by atoms with Gasteiger partial charge < -0.3 is 0 Å². The molecule has 6 nitrogen and oxygen atoms in total. The van der Waals surface area contributed by atoms with Crippen LogP contribution in [0.2, 0.25) is 0 Å². The Morgan fingerprint density at radius 3 is 2.17 bits per heavy atom. The van der Waals surface area contributed by atoms with Crippen LogP contribution in [0.1, 0.15) is 15.9 Å². The SMILES string of the molecule is O=C(N/N=C/c1ccc2ccc3cccc4ccc1c2c34)c1ccc([N+](=O)[O-])cc1. The summed E-state index contributed by atoms with van der Waals surface area (Å²) in [4.78, 5) is 22.5. The molecule has 0 aromatic heterocycles. The summed E-state index contributed by atoms with van der Waals surface area (Å²) in [6.45, 7) is 0. The van der Waals surface area contributed by atoms with Gasteiger partial charge in [-0.25, -0.2) is 5.43 Å². The predicted octanol–water partition coefficient (Wildman–Crippen LogP) is 5.26. The van der Waals surface area contributed by atoms with E-state index in [-0.39, 0.29) is 5.69 Å². The van der Waals surface area contributed by atoms with Crippen LogP contribution >= 0.6 is 0 Å². The molecule has 0 aliphatic rings. The van der Waals surface area contributed by atoms with Crippen LogP contribution in [0.3, 0.4) is 0 Å². The molecule has 0 radical (unpaired) electrons. The largest absolute Gasteiger partial charge is 0.271 e. The molecule has 0 atom stereocenters. The minimum absolute atomic E-state index is 0.0660. The lowest BCUT2D eigenvalue weighted by molar-refractivity contribution is -0.384. The van der Waals surface area contributed by atoms with E-state index < -0.39 is 10.8 Å². The van der Waals surface area contributed by atoms with E-state index >= 15 is 0 Å². The molecule has 30 heavy (non-hydrogen) atoms. The highest BCUT2D eigenvalue weighted by atomic mass is 16.6. The highest BCUT2D eigenvalue weighted by Gasteiger charge is 2.11. The maximum absolute atomic E-state index is 12.3. The van der Waals surface area contributed by atoms with Gasteiger partial charge in [0.1, 0.15) is 0 Å². The van der Waals surface area contributed by atoms with Crippen molar-refractivity contribution >= 4 is 50.1 Å². The third kappa shape index (κ3) is 2.91. The third-order valence-electron chi connectivity index (χ3n) is 5.27. The summed E-state index contributed by atoms with van der Waals surface area (Å²) >= 11 is 0. The number of nitro groups is 1. The van der Waals surface area contributed by atoms with Crippen molar-refractivity contribution < 1.29 is 9.72 Å². The number of rotatable bonds is 4. The molecule has 0 heterocycles. The van der Waals surface area contributed by atoms with E-state index in [0.717, 1.165) is 16.3 Å². The second-order valence-electron chi connectivity index (χ2n) is 7.01. The summed E-state index contributed by atoms with van der Waals surface area (Å²) in [5, 5.41) is 21.8. The molecule has 1 N–H and O–H groups in total. The minimum Gasteiger partial charge on any atom is -0.267 e. The summed E-state index contributed by atoms with van der Waals surface area (Å²) in [5.41, 5.74) is 3.61. The van der Waals surface area contributed by atoms with E-state index in [1.165, 1.54) is 45.8 Å². The molecule has 0 saturated carbocycles. The lowest BCUT2D eigenvalue weighted by atomic mass is 9.92. The number of hydrazone groups is 1. The van der Waals surface area contributed by atoms with Gasteiger partial charge in [0.25, 0.3) is 11.6 Å². The van der Waals surface area contributed by atoms with E-state index in [1.54, 1.807) is 6.21 Å². The van der Waals surface area contributed by atoms with Crippen LogP contribution in [-0.4, -0.2) is 17.0 Å². The fraction of sp³-hybridized carbons (Fsp3) is 0. The molecule has 0 aliphatic carbocycles. The Labute approximate surface area is 170 Å². The van der Waals surface area contributed by atoms with Crippen molar-refractivity contribution in [2.75, 3.05) is 0 Å². The molecule has 5 aromatic carbocycles. The Kier molecular flexibility index (Phi) is 4.10. The molecule has 0 aliphatic heterocycles. The molecule has 1 amide bonds. The minimum atomic E-state index is -0.506. The Hall–Kier alpha value is -4.32. The van der Waals surface area contributed by atoms with Gasteiger partial charge in [-0.3, -0.25) is 14.9 Å². The summed E-state index contributed by atoms with van der Waals surface area (Å²) < 4.78 is 0. The highest BCUT2D eigenvalue weighted by Crippen LogP contribution is 2.35. The first-order valence-electron chi connectivity index (χ1n) is 9.36. The van der Waals surface area contributed by atoms with Crippen molar-refractivity contribution in [3.05, 3.63) is 100 Å². The van der Waals surface area contributed by atoms with Gasteiger partial charge in [-0.15, -0.1) is 0 Å². The molecular formula is C24H15N3O3. The van der Waals surface area contributed by atoms with Gasteiger partial charge in [-0.05, 0) is 44.5 Å². The number of carbonyl (C=O) groups is 1. The molecule has 6 heteroatoms. The van der Waals surface area contributed by atoms with E-state index in [0.29, 0.717) is 5.56 Å². The Morgan fingerprint density at radius 2 is 1.47 bits per heavy atom. The van der Waals surface area contributed by atoms with Crippen LogP contribution in [0.4, 0.5) is 5.69 Å². The van der Waals surface area contributed by atoms with Gasteiger partial charge in [0.15, 0.2) is 0 Å². The van der Waals surface area contributed by atoms with Gasteiger partial charge in [-0.1, -0.05) is 54.6 Å². The quantitative estimate of drug-likeness (QED) is 0.196. The van der Waals surface area contributed by atoms with Crippen molar-refractivity contribution in [2.24, 2.45) is 5.10 Å². The third-order valence-corrected chi connectivity index (χ3v) is 5.27. The Morgan fingerprint density at radius 1 is 0.833 bits per heavy atom. The maximum atomic E-state index is 12.3. The maximum Gasteiger partial charge on any atom is 0.271 e. The van der Waals surface area contributed by atoms with E-state index in [1.807, 2.05) is 12.1 Å². The smallest absolute Gasteiger partial charge is 0.267 e. The average molecular weight is 393 g/mol. The summed E-state index contributed by atoms with van der Waals surface area (Å²) in [7, 11) is 0. The number of amides is 1. The first-order chi connectivity index (χ1) is 14.6. The molecule has 0 fully saturated rings. The van der Waals surface area contributed by atoms with E-state index in [2.05, 4.69) is 53.0 Å². The van der Waals surface area contributed by atoms with Crippen molar-refractivity contribution in [1.82, 2.24) is 5.43 Å². The zero-order chi connectivity index (χ0) is 20.7. The lowest BCUT2D eigenvalue weighted by Gasteiger charge is -2.12. The van der Waals surface area contributed by atoms with Gasteiger partial charge in [0.05, 0.1) is 11.1 Å². The van der Waals surface area contributed by atoms with Gasteiger partial charge in [-0.2, -0.15) is 5.10 Å². The fourth-order valence-corrected chi connectivity index (χ4v) is 3.83. The number of hydrogen-bond acceptors (Lipinski definition) is 4. The second kappa shape index (κ2) is 6.93. The number of nitrogens with one attached hydrogen (secondary N) is 1. The zero-order valence-electron chi connectivity index (χ0n) is 15.7. The molecule has 0 saturated heterocycles. The van der Waals surface area contributed by atoms with Gasteiger partial charge in [0.2, 0.25) is 0 Å². The van der Waals surface area contributed by atoms with Crippen LogP contribution in [0.5, 0.6) is 0 Å². The first kappa shape index (κ1) is 17.8. The average Bonchev–Trinajstić information content (AvgIpc) is 2.78. The second-order valence-corrected chi connectivity index (χ2v) is 7.01. The molecule has 0 spiro atoms. The molecule has 144 valence electrons. The number of nitro benzene ring substituents is 1. The van der Waals surface area contributed by atoms with Crippen molar-refractivity contribution in [1.29, 1.82) is 0 Å². The lowest BCUT2D eigenvalue weighted by Crippen LogP contribution is -2.17. The van der Waals surface area contributed by atoms with Gasteiger partial charge in [0, 0.05) is 23.3 Å². The number of non-ortho nitro benzene ring substituents is 1. The summed E-state index contributed by atoms with van der Waals surface area (Å²) in [6, 6.07) is 24.1. The van der Waals surface area contributed by atoms with E-state index in [9.17, 15) is 14.9 Å². The summed E-state index contributed by atoms with van der Waals surface area (Å²) in [6.07, 6.45) is 1.62. The van der Waals surface area contributed by atoms with Crippen LogP contribution in [0, 0.1) is 10.1 Å². The Bertz CT molecular complexity index is 1440. The molecule has 0 unspecified atom stereocenters. The standard InChI is InChI=1S/C24H15N3O3/c28-24(18-8-11-20(12-9-18)27(29)30)26-25-14-19-7-6-17-5-4-15-2-1-3-16-10-13-21(19)23(17)22(15)16/h1-14H,(H,26,28)/b25-14+. The molecule has 5 aromatic rings. The summed E-state index contributed by atoms with van der Waals surface area (Å²) in [5.74, 6) is -0.432. The molecule has 0 bridgehead atoms. The van der Waals surface area contributed by atoms with Crippen LogP contribution < -0.4 is 5.43 Å². The molecule has 5 rings (SSSR count). The number of benzene rings is 5. The highest BCUT2D eigenvalue weighted by molar-refractivity contribution is 6.25. The van der Waals surface area contributed by atoms with Crippen LogP contribution in [-0.2, 0) is 0 Å². The van der Waals surface area contributed by atoms with Crippen molar-refractivity contribution in [2.45, 2.75) is 0 Å². The zero-order valence-corrected chi connectivity index (χ0v) is 15.7. The van der Waals surface area contributed by atoms with E-state index in [4.69, 9.17) is 0 Å². The number of hydrogen-bond donors (Lipinski definition) is 1. The Balaban J connectivity index is 1.47. The predicted molar refractivity (Wildman–Crippen MR) is 118 cm³/mol. The fourth-order valence-electron chi connectivity index (χ4n) is 3.83.